The molecule has 0 aliphatic carbocycles. The summed E-state index contributed by atoms with van der Waals surface area (Å²) in [4.78, 5) is 11.8. The predicted octanol–water partition coefficient (Wildman–Crippen LogP) is 2.14. The lowest BCUT2D eigenvalue weighted by Gasteiger charge is -2.06. The van der Waals surface area contributed by atoms with E-state index in [9.17, 15) is 4.79 Å². The van der Waals surface area contributed by atoms with Gasteiger partial charge in [0.25, 0.3) is 0 Å². The van der Waals surface area contributed by atoms with Crippen LogP contribution in [0.15, 0.2) is 48.5 Å². The first kappa shape index (κ1) is 13.9. The van der Waals surface area contributed by atoms with Gasteiger partial charge in [-0.25, -0.2) is 0 Å². The molecule has 2 rings (SSSR count). The highest BCUT2D eigenvalue weighted by Crippen LogP contribution is 2.11. The number of benzene rings is 2. The van der Waals surface area contributed by atoms with E-state index in [4.69, 9.17) is 10.5 Å². The number of hydrogen-bond acceptors (Lipinski definition) is 3. The topological polar surface area (TPSA) is 64.3 Å². The summed E-state index contributed by atoms with van der Waals surface area (Å²) in [6.45, 7) is 0.509. The van der Waals surface area contributed by atoms with Gasteiger partial charge in [0.1, 0.15) is 5.75 Å². The second-order valence-electron chi connectivity index (χ2n) is 4.54. The number of anilines is 1. The van der Waals surface area contributed by atoms with E-state index in [1.807, 2.05) is 48.5 Å². The molecule has 4 nitrogen and oxygen atoms in total. The summed E-state index contributed by atoms with van der Waals surface area (Å²) in [5.41, 5.74) is 8.32. The summed E-state index contributed by atoms with van der Waals surface area (Å²) in [5, 5.41) is 2.88. The van der Waals surface area contributed by atoms with Crippen molar-refractivity contribution in [2.24, 2.45) is 0 Å². The van der Waals surface area contributed by atoms with Gasteiger partial charge in [-0.3, -0.25) is 4.79 Å². The van der Waals surface area contributed by atoms with Crippen LogP contribution in [0.2, 0.25) is 0 Å². The molecule has 0 spiro atoms. The SMILES string of the molecule is COc1ccc(CC(=O)NCc2ccc(N)cc2)cc1. The van der Waals surface area contributed by atoms with Gasteiger partial charge in [-0.2, -0.15) is 0 Å². The quantitative estimate of drug-likeness (QED) is 0.818. The number of hydrogen-bond donors (Lipinski definition) is 2. The van der Waals surface area contributed by atoms with E-state index in [0.717, 1.165) is 22.6 Å². The zero-order valence-electron chi connectivity index (χ0n) is 11.4. The van der Waals surface area contributed by atoms with E-state index in [1.165, 1.54) is 0 Å². The number of carbonyl (C=O) groups is 1. The maximum atomic E-state index is 11.8. The zero-order valence-corrected chi connectivity index (χ0v) is 11.4. The second-order valence-corrected chi connectivity index (χ2v) is 4.54. The second kappa shape index (κ2) is 6.61. The number of carbonyl (C=O) groups excluding carboxylic acids is 1. The van der Waals surface area contributed by atoms with Crippen LogP contribution in [0.3, 0.4) is 0 Å². The van der Waals surface area contributed by atoms with Gasteiger partial charge in [0, 0.05) is 12.2 Å². The number of rotatable bonds is 5. The van der Waals surface area contributed by atoms with Crippen molar-refractivity contribution >= 4 is 11.6 Å². The van der Waals surface area contributed by atoms with Crippen molar-refractivity contribution in [1.29, 1.82) is 0 Å². The molecule has 0 heterocycles. The van der Waals surface area contributed by atoms with Crippen LogP contribution in [0.1, 0.15) is 11.1 Å². The van der Waals surface area contributed by atoms with Crippen molar-refractivity contribution in [2.75, 3.05) is 12.8 Å². The van der Waals surface area contributed by atoms with Crippen molar-refractivity contribution in [3.8, 4) is 5.75 Å². The Hall–Kier alpha value is -2.49. The fourth-order valence-electron chi connectivity index (χ4n) is 1.83. The number of ether oxygens (including phenoxy) is 1. The van der Waals surface area contributed by atoms with Gasteiger partial charge in [0.05, 0.1) is 13.5 Å². The molecule has 2 aromatic carbocycles. The number of nitrogens with two attached hydrogens (primary N) is 1. The van der Waals surface area contributed by atoms with E-state index in [0.29, 0.717) is 13.0 Å². The average molecular weight is 270 g/mol. The lowest BCUT2D eigenvalue weighted by molar-refractivity contribution is -0.120. The number of methoxy groups -OCH3 is 1. The lowest BCUT2D eigenvalue weighted by Crippen LogP contribution is -2.24. The van der Waals surface area contributed by atoms with Crippen LogP contribution < -0.4 is 15.8 Å². The fraction of sp³-hybridized carbons (Fsp3) is 0.188. The number of amides is 1. The first-order chi connectivity index (χ1) is 9.67. The Morgan fingerprint density at radius 2 is 1.65 bits per heavy atom. The molecular weight excluding hydrogens is 252 g/mol. The fourth-order valence-corrected chi connectivity index (χ4v) is 1.83. The molecule has 3 N–H and O–H groups in total. The average Bonchev–Trinajstić information content (AvgIpc) is 2.47. The van der Waals surface area contributed by atoms with Crippen LogP contribution >= 0.6 is 0 Å². The Kier molecular flexibility index (Phi) is 4.60. The molecule has 0 fully saturated rings. The summed E-state index contributed by atoms with van der Waals surface area (Å²) in [6.07, 6.45) is 0.360. The Morgan fingerprint density at radius 3 is 2.25 bits per heavy atom. The van der Waals surface area contributed by atoms with Crippen LogP contribution in [0.4, 0.5) is 5.69 Å². The minimum absolute atomic E-state index is 0.00741. The third-order valence-electron chi connectivity index (χ3n) is 2.99. The summed E-state index contributed by atoms with van der Waals surface area (Å²) < 4.78 is 5.08. The molecule has 1 amide bonds. The maximum absolute atomic E-state index is 11.8. The Balaban J connectivity index is 1.84. The molecule has 0 atom stereocenters. The van der Waals surface area contributed by atoms with E-state index < -0.39 is 0 Å². The van der Waals surface area contributed by atoms with Crippen molar-refractivity contribution in [3.63, 3.8) is 0 Å². The molecule has 4 heteroatoms. The highest BCUT2D eigenvalue weighted by molar-refractivity contribution is 5.78. The molecule has 20 heavy (non-hydrogen) atoms. The Bertz CT molecular complexity index is 562. The van der Waals surface area contributed by atoms with Gasteiger partial charge < -0.3 is 15.8 Å². The van der Waals surface area contributed by atoms with E-state index in [-0.39, 0.29) is 5.91 Å². The molecule has 0 aliphatic rings. The summed E-state index contributed by atoms with van der Waals surface area (Å²) in [7, 11) is 1.62. The number of nitrogens with one attached hydrogen (secondary N) is 1. The highest BCUT2D eigenvalue weighted by Gasteiger charge is 2.03. The van der Waals surface area contributed by atoms with E-state index in [2.05, 4.69) is 5.32 Å². The van der Waals surface area contributed by atoms with Crippen molar-refractivity contribution in [1.82, 2.24) is 5.32 Å². The summed E-state index contributed by atoms with van der Waals surface area (Å²) in [5.74, 6) is 0.781. The standard InChI is InChI=1S/C16H18N2O2/c1-20-15-8-4-12(5-9-15)10-16(19)18-11-13-2-6-14(17)7-3-13/h2-9H,10-11,17H2,1H3,(H,18,19). The van der Waals surface area contributed by atoms with E-state index >= 15 is 0 Å². The van der Waals surface area contributed by atoms with Gasteiger partial charge in [-0.05, 0) is 35.4 Å². The van der Waals surface area contributed by atoms with Gasteiger partial charge in [-0.15, -0.1) is 0 Å². The first-order valence-electron chi connectivity index (χ1n) is 6.41. The largest absolute Gasteiger partial charge is 0.497 e. The molecule has 0 bridgehead atoms. The molecule has 0 aliphatic heterocycles. The van der Waals surface area contributed by atoms with Crippen molar-refractivity contribution in [2.45, 2.75) is 13.0 Å². The van der Waals surface area contributed by atoms with Crippen LogP contribution in [-0.2, 0) is 17.8 Å². The summed E-state index contributed by atoms with van der Waals surface area (Å²) in [6, 6.07) is 14.9. The molecule has 2 aromatic rings. The Morgan fingerprint density at radius 1 is 1.05 bits per heavy atom. The van der Waals surface area contributed by atoms with Gasteiger partial charge >= 0.3 is 0 Å². The molecule has 0 aromatic heterocycles. The Labute approximate surface area is 118 Å². The molecule has 0 saturated heterocycles. The highest BCUT2D eigenvalue weighted by atomic mass is 16.5. The van der Waals surface area contributed by atoms with Crippen molar-refractivity contribution < 1.29 is 9.53 Å². The zero-order chi connectivity index (χ0) is 14.4. The minimum Gasteiger partial charge on any atom is -0.497 e. The molecule has 104 valence electrons. The normalized spacial score (nSPS) is 10.1. The smallest absolute Gasteiger partial charge is 0.224 e. The van der Waals surface area contributed by atoms with Crippen LogP contribution in [-0.4, -0.2) is 13.0 Å². The van der Waals surface area contributed by atoms with Crippen LogP contribution in [0.5, 0.6) is 5.75 Å². The number of nitrogen functional groups attached to an aromatic ring is 1. The third-order valence-corrected chi connectivity index (χ3v) is 2.99. The maximum Gasteiger partial charge on any atom is 0.224 e. The summed E-state index contributed by atoms with van der Waals surface area (Å²) >= 11 is 0. The predicted molar refractivity (Wildman–Crippen MR) is 79.4 cm³/mol. The molecule has 0 radical (unpaired) electrons. The first-order valence-corrected chi connectivity index (χ1v) is 6.41. The van der Waals surface area contributed by atoms with Gasteiger partial charge in [-0.1, -0.05) is 24.3 Å². The molecule has 0 unspecified atom stereocenters. The van der Waals surface area contributed by atoms with Crippen LogP contribution in [0.25, 0.3) is 0 Å². The molecule has 0 saturated carbocycles. The lowest BCUT2D eigenvalue weighted by atomic mass is 10.1. The van der Waals surface area contributed by atoms with Gasteiger partial charge in [0.2, 0.25) is 5.91 Å². The monoisotopic (exact) mass is 270 g/mol. The van der Waals surface area contributed by atoms with Crippen molar-refractivity contribution in [3.05, 3.63) is 59.7 Å². The minimum atomic E-state index is -0.00741. The van der Waals surface area contributed by atoms with E-state index in [1.54, 1.807) is 7.11 Å². The molecular formula is C16H18N2O2. The van der Waals surface area contributed by atoms with Crippen LogP contribution in [0, 0.1) is 0 Å². The van der Waals surface area contributed by atoms with Gasteiger partial charge in [0.15, 0.2) is 0 Å². The third kappa shape index (κ3) is 4.02.